The standard InChI is InChI=1S/C20H23ClN4O2S2/c1-25(17(27)12-28-19-24-23-18(29-19)22-13-9-10-13)20(11-5-4-8-16(20)26)14-6-2-3-7-15(14)21/h2-3,6-7,13H,4-5,8-12H2,1H3,(H,22,23)/t20-/m1/s1. The van der Waals surface area contributed by atoms with Crippen LogP contribution in [0.25, 0.3) is 0 Å². The number of benzene rings is 1. The Kier molecular flexibility index (Phi) is 6.13. The monoisotopic (exact) mass is 450 g/mol. The molecule has 1 N–H and O–H groups in total. The quantitative estimate of drug-likeness (QED) is 0.632. The molecule has 1 aromatic carbocycles. The largest absolute Gasteiger partial charge is 0.357 e. The van der Waals surface area contributed by atoms with E-state index < -0.39 is 5.54 Å². The summed E-state index contributed by atoms with van der Waals surface area (Å²) in [5.41, 5.74) is -0.271. The van der Waals surface area contributed by atoms with Crippen LogP contribution in [0.4, 0.5) is 5.13 Å². The first-order chi connectivity index (χ1) is 14.0. The number of anilines is 1. The second kappa shape index (κ2) is 8.62. The molecule has 4 rings (SSSR count). The van der Waals surface area contributed by atoms with Crippen molar-refractivity contribution in [2.24, 2.45) is 0 Å². The molecule has 2 aromatic rings. The highest BCUT2D eigenvalue weighted by molar-refractivity contribution is 8.01. The Bertz CT molecular complexity index is 917. The van der Waals surface area contributed by atoms with Crippen LogP contribution in [0.1, 0.15) is 44.1 Å². The summed E-state index contributed by atoms with van der Waals surface area (Å²) < 4.78 is 0.747. The predicted molar refractivity (Wildman–Crippen MR) is 117 cm³/mol. The maximum absolute atomic E-state index is 13.1. The molecular weight excluding hydrogens is 428 g/mol. The van der Waals surface area contributed by atoms with Crippen molar-refractivity contribution in [3.05, 3.63) is 34.9 Å². The van der Waals surface area contributed by atoms with Gasteiger partial charge in [0.15, 0.2) is 10.1 Å². The normalized spacial score (nSPS) is 21.8. The molecule has 29 heavy (non-hydrogen) atoms. The number of aromatic nitrogens is 2. The summed E-state index contributed by atoms with van der Waals surface area (Å²) in [6, 6.07) is 7.87. The third-order valence-electron chi connectivity index (χ3n) is 5.55. The Morgan fingerprint density at radius 2 is 2.14 bits per heavy atom. The zero-order valence-corrected chi connectivity index (χ0v) is 18.6. The van der Waals surface area contributed by atoms with Gasteiger partial charge in [-0.15, -0.1) is 10.2 Å². The summed E-state index contributed by atoms with van der Waals surface area (Å²) >= 11 is 9.28. The van der Waals surface area contributed by atoms with Crippen LogP contribution in [-0.4, -0.2) is 45.6 Å². The van der Waals surface area contributed by atoms with Gasteiger partial charge in [0, 0.05) is 30.1 Å². The van der Waals surface area contributed by atoms with Gasteiger partial charge in [0.1, 0.15) is 5.54 Å². The number of Topliss-reactive ketones (excluding diaryl/α,β-unsaturated/α-hetero) is 1. The number of likely N-dealkylation sites (N-methyl/N-ethyl adjacent to an activating group) is 1. The third kappa shape index (κ3) is 4.29. The first-order valence-electron chi connectivity index (χ1n) is 9.78. The summed E-state index contributed by atoms with van der Waals surface area (Å²) in [5, 5.41) is 12.9. The molecule has 1 aromatic heterocycles. The molecule has 6 nitrogen and oxygen atoms in total. The average molecular weight is 451 g/mol. The van der Waals surface area contributed by atoms with Crippen LogP contribution in [0.15, 0.2) is 28.6 Å². The number of carbonyl (C=O) groups excluding carboxylic acids is 2. The van der Waals surface area contributed by atoms with E-state index in [-0.39, 0.29) is 17.4 Å². The summed E-state index contributed by atoms with van der Waals surface area (Å²) in [6.45, 7) is 0. The molecule has 0 aliphatic heterocycles. The van der Waals surface area contributed by atoms with E-state index in [9.17, 15) is 9.59 Å². The lowest BCUT2D eigenvalue weighted by atomic mass is 9.74. The maximum atomic E-state index is 13.1. The van der Waals surface area contributed by atoms with Gasteiger partial charge in [-0.05, 0) is 38.2 Å². The smallest absolute Gasteiger partial charge is 0.233 e. The highest BCUT2D eigenvalue weighted by Gasteiger charge is 2.47. The number of carbonyl (C=O) groups is 2. The van der Waals surface area contributed by atoms with E-state index in [4.69, 9.17) is 11.6 Å². The van der Waals surface area contributed by atoms with Gasteiger partial charge < -0.3 is 10.2 Å². The van der Waals surface area contributed by atoms with Gasteiger partial charge in [-0.3, -0.25) is 9.59 Å². The Balaban J connectivity index is 1.50. The minimum atomic E-state index is -0.992. The minimum absolute atomic E-state index is 0.0598. The van der Waals surface area contributed by atoms with E-state index >= 15 is 0 Å². The van der Waals surface area contributed by atoms with E-state index in [0.717, 1.165) is 27.9 Å². The Morgan fingerprint density at radius 3 is 2.86 bits per heavy atom. The second-order valence-corrected chi connectivity index (χ2v) is 10.1. The van der Waals surface area contributed by atoms with Crippen LogP contribution in [0.3, 0.4) is 0 Å². The first-order valence-corrected chi connectivity index (χ1v) is 12.0. The molecule has 9 heteroatoms. The van der Waals surface area contributed by atoms with E-state index in [2.05, 4.69) is 15.5 Å². The van der Waals surface area contributed by atoms with Gasteiger partial charge in [-0.2, -0.15) is 0 Å². The molecule has 2 aliphatic carbocycles. The van der Waals surface area contributed by atoms with Crippen molar-refractivity contribution in [3.8, 4) is 0 Å². The van der Waals surface area contributed by atoms with E-state index in [0.29, 0.717) is 23.9 Å². The number of thioether (sulfide) groups is 1. The molecule has 2 fully saturated rings. The van der Waals surface area contributed by atoms with Gasteiger partial charge in [-0.1, -0.05) is 52.9 Å². The van der Waals surface area contributed by atoms with E-state index in [1.165, 1.54) is 35.9 Å². The van der Waals surface area contributed by atoms with Gasteiger partial charge in [0.25, 0.3) is 0 Å². The molecule has 154 valence electrons. The van der Waals surface area contributed by atoms with Gasteiger partial charge >= 0.3 is 0 Å². The molecule has 0 bridgehead atoms. The van der Waals surface area contributed by atoms with Crippen LogP contribution in [0.5, 0.6) is 0 Å². The number of hydrogen-bond acceptors (Lipinski definition) is 7. The number of halogens is 1. The first kappa shape index (κ1) is 20.6. The number of rotatable bonds is 7. The van der Waals surface area contributed by atoms with Crippen LogP contribution in [0, 0.1) is 0 Å². The van der Waals surface area contributed by atoms with Crippen molar-refractivity contribution in [3.63, 3.8) is 0 Å². The second-order valence-electron chi connectivity index (χ2n) is 7.50. The summed E-state index contributed by atoms with van der Waals surface area (Å²) in [5.74, 6) is 0.148. The molecular formula is C20H23ClN4O2S2. The van der Waals surface area contributed by atoms with Crippen LogP contribution >= 0.6 is 34.7 Å². The molecule has 2 aliphatic rings. The van der Waals surface area contributed by atoms with Crippen molar-refractivity contribution < 1.29 is 9.59 Å². The van der Waals surface area contributed by atoms with Gasteiger partial charge in [0.2, 0.25) is 11.0 Å². The number of nitrogens with zero attached hydrogens (tertiary/aromatic N) is 3. The molecule has 0 radical (unpaired) electrons. The fourth-order valence-electron chi connectivity index (χ4n) is 3.79. The van der Waals surface area contributed by atoms with Crippen LogP contribution in [-0.2, 0) is 15.1 Å². The lowest BCUT2D eigenvalue weighted by Crippen LogP contribution is -2.54. The van der Waals surface area contributed by atoms with E-state index in [1.807, 2.05) is 18.2 Å². The average Bonchev–Trinajstić information content (AvgIpc) is 3.42. The third-order valence-corrected chi connectivity index (χ3v) is 7.85. The van der Waals surface area contributed by atoms with Gasteiger partial charge in [0.05, 0.1) is 5.75 Å². The molecule has 0 saturated heterocycles. The van der Waals surface area contributed by atoms with Crippen LogP contribution in [0.2, 0.25) is 5.02 Å². The maximum Gasteiger partial charge on any atom is 0.233 e. The Morgan fingerprint density at radius 1 is 1.34 bits per heavy atom. The molecule has 2 saturated carbocycles. The fraction of sp³-hybridized carbons (Fsp3) is 0.500. The zero-order chi connectivity index (χ0) is 20.4. The zero-order valence-electron chi connectivity index (χ0n) is 16.2. The topological polar surface area (TPSA) is 75.2 Å². The summed E-state index contributed by atoms with van der Waals surface area (Å²) in [7, 11) is 1.72. The highest BCUT2D eigenvalue weighted by atomic mass is 35.5. The van der Waals surface area contributed by atoms with Crippen molar-refractivity contribution in [1.29, 1.82) is 0 Å². The molecule has 1 amide bonds. The number of nitrogens with one attached hydrogen (secondary N) is 1. The fourth-order valence-corrected chi connectivity index (χ4v) is 5.83. The summed E-state index contributed by atoms with van der Waals surface area (Å²) in [4.78, 5) is 27.8. The molecule has 1 atom stereocenters. The molecule has 0 spiro atoms. The SMILES string of the molecule is CN(C(=O)CSc1nnc(NC2CC2)s1)[C@@]1(c2ccccc2Cl)CCCCC1=O. The Labute approximate surface area is 183 Å². The minimum Gasteiger partial charge on any atom is -0.357 e. The van der Waals surface area contributed by atoms with Crippen molar-refractivity contribution in [1.82, 2.24) is 15.1 Å². The number of amides is 1. The van der Waals surface area contributed by atoms with Crippen molar-refractivity contribution >= 4 is 51.5 Å². The number of ketones is 1. The van der Waals surface area contributed by atoms with Crippen LogP contribution < -0.4 is 5.32 Å². The molecule has 0 unspecified atom stereocenters. The van der Waals surface area contributed by atoms with Crippen molar-refractivity contribution in [2.75, 3.05) is 18.1 Å². The van der Waals surface area contributed by atoms with Gasteiger partial charge in [-0.25, -0.2) is 0 Å². The predicted octanol–water partition coefficient (Wildman–Crippen LogP) is 4.35. The highest BCUT2D eigenvalue weighted by Crippen LogP contribution is 2.42. The lowest BCUT2D eigenvalue weighted by Gasteiger charge is -2.44. The van der Waals surface area contributed by atoms with E-state index in [1.54, 1.807) is 18.0 Å². The summed E-state index contributed by atoms with van der Waals surface area (Å²) in [6.07, 6.45) is 5.13. The molecule has 1 heterocycles. The lowest BCUT2D eigenvalue weighted by molar-refractivity contribution is -0.146. The number of hydrogen-bond donors (Lipinski definition) is 1. The van der Waals surface area contributed by atoms with Crippen molar-refractivity contribution in [2.45, 2.75) is 54.4 Å². The Hall–Kier alpha value is -1.64.